The maximum atomic E-state index is 12.5. The van der Waals surface area contributed by atoms with Crippen molar-refractivity contribution in [3.05, 3.63) is 29.8 Å². The van der Waals surface area contributed by atoms with E-state index in [9.17, 15) is 14.7 Å². The van der Waals surface area contributed by atoms with Crippen LogP contribution in [0.2, 0.25) is 0 Å². The van der Waals surface area contributed by atoms with E-state index in [1.807, 2.05) is 19.1 Å². The predicted molar refractivity (Wildman–Crippen MR) is 90.5 cm³/mol. The molecule has 1 aromatic carbocycles. The van der Waals surface area contributed by atoms with Crippen LogP contribution in [0.15, 0.2) is 24.3 Å². The second-order valence-corrected chi connectivity index (χ2v) is 6.68. The number of hydrogen-bond acceptors (Lipinski definition) is 3. The summed E-state index contributed by atoms with van der Waals surface area (Å²) in [6.07, 6.45) is 2.56. The molecule has 0 atom stereocenters. The van der Waals surface area contributed by atoms with Gasteiger partial charge in [-0.1, -0.05) is 0 Å². The van der Waals surface area contributed by atoms with E-state index in [1.165, 1.54) is 0 Å². The van der Waals surface area contributed by atoms with E-state index in [0.717, 1.165) is 25.1 Å². The molecule has 126 valence electrons. The molecule has 1 aliphatic rings. The standard InChI is InChI=1S/C18H26N2O3/c1-4-19(13-18(2,3)23)17(22)14-8-10-15(11-9-14)20-12-6-5-7-16(20)21/h8-11,23H,4-7,12-13H2,1-3H3. The minimum atomic E-state index is -0.925. The largest absolute Gasteiger partial charge is 0.389 e. The van der Waals surface area contributed by atoms with E-state index in [2.05, 4.69) is 0 Å². The molecule has 0 spiro atoms. The third-order valence-electron chi connectivity index (χ3n) is 4.00. The summed E-state index contributed by atoms with van der Waals surface area (Å²) < 4.78 is 0. The molecule has 0 unspecified atom stereocenters. The Morgan fingerprint density at radius 2 is 1.91 bits per heavy atom. The van der Waals surface area contributed by atoms with Gasteiger partial charge in [0.05, 0.1) is 5.60 Å². The van der Waals surface area contributed by atoms with Crippen LogP contribution in [0.4, 0.5) is 5.69 Å². The van der Waals surface area contributed by atoms with Crippen molar-refractivity contribution < 1.29 is 14.7 Å². The lowest BCUT2D eigenvalue weighted by Crippen LogP contribution is -2.42. The molecular weight excluding hydrogens is 292 g/mol. The van der Waals surface area contributed by atoms with Crippen LogP contribution in [0.25, 0.3) is 0 Å². The number of carbonyl (C=O) groups excluding carboxylic acids is 2. The van der Waals surface area contributed by atoms with E-state index in [0.29, 0.717) is 18.5 Å². The van der Waals surface area contributed by atoms with Crippen molar-refractivity contribution in [2.75, 3.05) is 24.5 Å². The highest BCUT2D eigenvalue weighted by molar-refractivity contribution is 5.97. The topological polar surface area (TPSA) is 60.9 Å². The fourth-order valence-electron chi connectivity index (χ4n) is 2.84. The molecule has 0 saturated carbocycles. The van der Waals surface area contributed by atoms with E-state index in [1.54, 1.807) is 35.8 Å². The number of rotatable bonds is 5. The highest BCUT2D eigenvalue weighted by atomic mass is 16.3. The molecule has 0 bridgehead atoms. The first-order valence-corrected chi connectivity index (χ1v) is 8.24. The fourth-order valence-corrected chi connectivity index (χ4v) is 2.84. The average Bonchev–Trinajstić information content (AvgIpc) is 2.52. The molecule has 0 aromatic heterocycles. The lowest BCUT2D eigenvalue weighted by Gasteiger charge is -2.29. The first kappa shape index (κ1) is 17.5. The van der Waals surface area contributed by atoms with E-state index in [4.69, 9.17) is 0 Å². The van der Waals surface area contributed by atoms with Gasteiger partial charge in [0.25, 0.3) is 5.91 Å². The van der Waals surface area contributed by atoms with Crippen molar-refractivity contribution in [1.82, 2.24) is 4.90 Å². The number of amides is 2. The van der Waals surface area contributed by atoms with Gasteiger partial charge in [0, 0.05) is 37.3 Å². The van der Waals surface area contributed by atoms with Crippen molar-refractivity contribution in [1.29, 1.82) is 0 Å². The summed E-state index contributed by atoms with van der Waals surface area (Å²) in [5.41, 5.74) is 0.493. The molecule has 1 N–H and O–H groups in total. The molecule has 1 aromatic rings. The Morgan fingerprint density at radius 1 is 1.26 bits per heavy atom. The Labute approximate surface area is 137 Å². The molecule has 1 saturated heterocycles. The van der Waals surface area contributed by atoms with E-state index < -0.39 is 5.60 Å². The number of benzene rings is 1. The minimum Gasteiger partial charge on any atom is -0.389 e. The SMILES string of the molecule is CCN(CC(C)(C)O)C(=O)c1ccc(N2CCCCC2=O)cc1. The van der Waals surface area contributed by atoms with Crippen LogP contribution < -0.4 is 4.90 Å². The van der Waals surface area contributed by atoms with Crippen LogP contribution in [0.1, 0.15) is 50.4 Å². The summed E-state index contributed by atoms with van der Waals surface area (Å²) in [6, 6.07) is 7.17. The molecule has 1 fully saturated rings. The van der Waals surface area contributed by atoms with Gasteiger partial charge in [0.15, 0.2) is 0 Å². The number of nitrogens with zero attached hydrogens (tertiary/aromatic N) is 2. The zero-order valence-electron chi connectivity index (χ0n) is 14.2. The van der Waals surface area contributed by atoms with Gasteiger partial charge in [0.2, 0.25) is 5.91 Å². The smallest absolute Gasteiger partial charge is 0.253 e. The van der Waals surface area contributed by atoms with Gasteiger partial charge in [-0.3, -0.25) is 9.59 Å². The molecule has 1 heterocycles. The van der Waals surface area contributed by atoms with Gasteiger partial charge < -0.3 is 14.9 Å². The first-order valence-electron chi connectivity index (χ1n) is 8.24. The third-order valence-corrected chi connectivity index (χ3v) is 4.00. The van der Waals surface area contributed by atoms with Crippen molar-refractivity contribution >= 4 is 17.5 Å². The normalized spacial score (nSPS) is 15.7. The predicted octanol–water partition coefficient (Wildman–Crippen LogP) is 2.44. The van der Waals surface area contributed by atoms with Crippen LogP contribution in [0.3, 0.4) is 0 Å². The summed E-state index contributed by atoms with van der Waals surface area (Å²) in [4.78, 5) is 27.9. The monoisotopic (exact) mass is 318 g/mol. The van der Waals surface area contributed by atoms with E-state index >= 15 is 0 Å². The van der Waals surface area contributed by atoms with Gasteiger partial charge in [-0.05, 0) is 57.9 Å². The van der Waals surface area contributed by atoms with Crippen LogP contribution in [-0.4, -0.2) is 47.1 Å². The molecule has 5 nitrogen and oxygen atoms in total. The second-order valence-electron chi connectivity index (χ2n) is 6.68. The van der Waals surface area contributed by atoms with Gasteiger partial charge in [-0.25, -0.2) is 0 Å². The summed E-state index contributed by atoms with van der Waals surface area (Å²) >= 11 is 0. The molecular formula is C18H26N2O3. The molecule has 1 aliphatic heterocycles. The summed E-state index contributed by atoms with van der Waals surface area (Å²) in [5.74, 6) is 0.0405. The Balaban J connectivity index is 2.11. The summed E-state index contributed by atoms with van der Waals surface area (Å²) in [7, 11) is 0. The molecule has 0 radical (unpaired) electrons. The van der Waals surface area contributed by atoms with Crippen molar-refractivity contribution in [3.8, 4) is 0 Å². The summed E-state index contributed by atoms with van der Waals surface area (Å²) in [5, 5.41) is 9.92. The summed E-state index contributed by atoms with van der Waals surface area (Å²) in [6.45, 7) is 6.84. The number of carbonyl (C=O) groups is 2. The fraction of sp³-hybridized carbons (Fsp3) is 0.556. The van der Waals surface area contributed by atoms with Crippen LogP contribution >= 0.6 is 0 Å². The van der Waals surface area contributed by atoms with Crippen LogP contribution in [0, 0.1) is 0 Å². The number of aliphatic hydroxyl groups is 1. The minimum absolute atomic E-state index is 0.105. The number of likely N-dealkylation sites (N-methyl/N-ethyl adjacent to an activating group) is 1. The molecule has 5 heteroatoms. The lowest BCUT2D eigenvalue weighted by molar-refractivity contribution is -0.119. The Kier molecular flexibility index (Phi) is 5.42. The van der Waals surface area contributed by atoms with Gasteiger partial charge in [-0.15, -0.1) is 0 Å². The Morgan fingerprint density at radius 3 is 2.43 bits per heavy atom. The molecule has 2 amide bonds. The van der Waals surface area contributed by atoms with E-state index in [-0.39, 0.29) is 18.4 Å². The quantitative estimate of drug-likeness (QED) is 0.907. The zero-order chi connectivity index (χ0) is 17.0. The van der Waals surface area contributed by atoms with Crippen molar-refractivity contribution in [3.63, 3.8) is 0 Å². The molecule has 2 rings (SSSR count). The maximum absolute atomic E-state index is 12.5. The Bertz CT molecular complexity index is 561. The highest BCUT2D eigenvalue weighted by Crippen LogP contribution is 2.22. The number of anilines is 1. The lowest BCUT2D eigenvalue weighted by atomic mass is 10.1. The molecule has 23 heavy (non-hydrogen) atoms. The Hall–Kier alpha value is -1.88. The van der Waals surface area contributed by atoms with Gasteiger partial charge in [0.1, 0.15) is 0 Å². The van der Waals surface area contributed by atoms with Crippen molar-refractivity contribution in [2.24, 2.45) is 0 Å². The van der Waals surface area contributed by atoms with Crippen LogP contribution in [-0.2, 0) is 4.79 Å². The maximum Gasteiger partial charge on any atom is 0.253 e. The third kappa shape index (κ3) is 4.55. The number of hydrogen-bond donors (Lipinski definition) is 1. The first-order chi connectivity index (χ1) is 10.8. The number of piperidine rings is 1. The molecule has 0 aliphatic carbocycles. The zero-order valence-corrected chi connectivity index (χ0v) is 14.2. The second kappa shape index (κ2) is 7.13. The van der Waals surface area contributed by atoms with Crippen molar-refractivity contribution in [2.45, 2.75) is 45.6 Å². The van der Waals surface area contributed by atoms with Gasteiger partial charge in [-0.2, -0.15) is 0 Å². The highest BCUT2D eigenvalue weighted by Gasteiger charge is 2.23. The van der Waals surface area contributed by atoms with Gasteiger partial charge >= 0.3 is 0 Å². The van der Waals surface area contributed by atoms with Crippen LogP contribution in [0.5, 0.6) is 0 Å². The average molecular weight is 318 g/mol.